The van der Waals surface area contributed by atoms with E-state index < -0.39 is 5.82 Å². The summed E-state index contributed by atoms with van der Waals surface area (Å²) in [7, 11) is 0. The largest absolute Gasteiger partial charge is 0.481 e. The van der Waals surface area contributed by atoms with Crippen LogP contribution in [-0.4, -0.2) is 50.3 Å². The molecule has 1 amide bonds. The van der Waals surface area contributed by atoms with Gasteiger partial charge < -0.3 is 14.8 Å². The second kappa shape index (κ2) is 8.94. The van der Waals surface area contributed by atoms with Gasteiger partial charge in [-0.2, -0.15) is 11.3 Å². The van der Waals surface area contributed by atoms with Crippen LogP contribution >= 0.6 is 11.3 Å². The maximum absolute atomic E-state index is 13.5. The molecule has 1 saturated heterocycles. The highest BCUT2D eigenvalue weighted by molar-refractivity contribution is 7.07. The highest BCUT2D eigenvalue weighted by atomic mass is 32.1. The van der Waals surface area contributed by atoms with Gasteiger partial charge in [-0.3, -0.25) is 9.69 Å². The molecule has 1 aromatic heterocycles. The maximum atomic E-state index is 13.5. The van der Waals surface area contributed by atoms with E-state index in [9.17, 15) is 9.18 Å². The Hall–Kier alpha value is -1.96. The number of ether oxygens (including phenoxy) is 2. The van der Waals surface area contributed by atoms with Crippen LogP contribution in [0.2, 0.25) is 0 Å². The average molecular weight is 364 g/mol. The molecule has 1 aliphatic rings. The SMILES string of the molecule is O=C(COc1ccccc1F)NC[C@@H](c1ccsc1)N1CCOCC1. The Labute approximate surface area is 150 Å². The zero-order valence-corrected chi connectivity index (χ0v) is 14.6. The number of thiophene rings is 1. The zero-order chi connectivity index (χ0) is 17.5. The van der Waals surface area contributed by atoms with E-state index >= 15 is 0 Å². The normalized spacial score (nSPS) is 16.4. The van der Waals surface area contributed by atoms with Crippen LogP contribution in [0.4, 0.5) is 4.39 Å². The lowest BCUT2D eigenvalue weighted by Crippen LogP contribution is -2.44. The van der Waals surface area contributed by atoms with Crippen molar-refractivity contribution in [1.82, 2.24) is 10.2 Å². The summed E-state index contributed by atoms with van der Waals surface area (Å²) in [5, 5.41) is 7.03. The van der Waals surface area contributed by atoms with Crippen LogP contribution in [0.3, 0.4) is 0 Å². The Bertz CT molecular complexity index is 675. The van der Waals surface area contributed by atoms with Crippen molar-refractivity contribution in [2.75, 3.05) is 39.5 Å². The van der Waals surface area contributed by atoms with Gasteiger partial charge in [0.1, 0.15) is 0 Å². The zero-order valence-electron chi connectivity index (χ0n) is 13.8. The van der Waals surface area contributed by atoms with E-state index in [1.54, 1.807) is 23.5 Å². The molecule has 1 aromatic carbocycles. The molecule has 3 rings (SSSR count). The van der Waals surface area contributed by atoms with E-state index in [1.807, 2.05) is 5.38 Å². The van der Waals surface area contributed by atoms with Gasteiger partial charge in [0.2, 0.25) is 0 Å². The van der Waals surface area contributed by atoms with Crippen LogP contribution in [0, 0.1) is 5.82 Å². The highest BCUT2D eigenvalue weighted by Crippen LogP contribution is 2.23. The molecule has 25 heavy (non-hydrogen) atoms. The minimum absolute atomic E-state index is 0.0835. The quantitative estimate of drug-likeness (QED) is 0.820. The summed E-state index contributed by atoms with van der Waals surface area (Å²) >= 11 is 1.64. The molecular formula is C18H21FN2O3S. The first-order chi connectivity index (χ1) is 12.2. The van der Waals surface area contributed by atoms with E-state index in [-0.39, 0.29) is 24.3 Å². The van der Waals surface area contributed by atoms with E-state index in [0.717, 1.165) is 13.1 Å². The summed E-state index contributed by atoms with van der Waals surface area (Å²) in [5.41, 5.74) is 1.18. The van der Waals surface area contributed by atoms with Crippen LogP contribution in [0.1, 0.15) is 11.6 Å². The number of nitrogens with zero attached hydrogens (tertiary/aromatic N) is 1. The van der Waals surface area contributed by atoms with Crippen LogP contribution < -0.4 is 10.1 Å². The molecule has 0 unspecified atom stereocenters. The second-order valence-electron chi connectivity index (χ2n) is 5.74. The lowest BCUT2D eigenvalue weighted by molar-refractivity contribution is -0.123. The molecule has 0 bridgehead atoms. The Morgan fingerprint density at radius 2 is 2.12 bits per heavy atom. The van der Waals surface area contributed by atoms with E-state index in [2.05, 4.69) is 21.7 Å². The number of carbonyl (C=O) groups is 1. The lowest BCUT2D eigenvalue weighted by Gasteiger charge is -2.34. The van der Waals surface area contributed by atoms with Crippen molar-refractivity contribution in [2.24, 2.45) is 0 Å². The fraction of sp³-hybridized carbons (Fsp3) is 0.389. The molecule has 1 fully saturated rings. The number of hydrogen-bond acceptors (Lipinski definition) is 5. The van der Waals surface area contributed by atoms with Crippen molar-refractivity contribution in [2.45, 2.75) is 6.04 Å². The number of carbonyl (C=O) groups excluding carboxylic acids is 1. The minimum atomic E-state index is -0.472. The molecule has 0 saturated carbocycles. The van der Waals surface area contributed by atoms with Crippen molar-refractivity contribution in [3.05, 3.63) is 52.5 Å². The van der Waals surface area contributed by atoms with E-state index in [0.29, 0.717) is 19.8 Å². The highest BCUT2D eigenvalue weighted by Gasteiger charge is 2.23. The van der Waals surface area contributed by atoms with Crippen LogP contribution in [-0.2, 0) is 9.53 Å². The van der Waals surface area contributed by atoms with Gasteiger partial charge in [0.25, 0.3) is 5.91 Å². The molecule has 1 atom stereocenters. The van der Waals surface area contributed by atoms with Crippen molar-refractivity contribution in [3.8, 4) is 5.75 Å². The molecule has 2 aromatic rings. The van der Waals surface area contributed by atoms with Gasteiger partial charge in [-0.25, -0.2) is 4.39 Å². The van der Waals surface area contributed by atoms with Gasteiger partial charge in [0.05, 0.1) is 19.3 Å². The molecule has 1 N–H and O–H groups in total. The smallest absolute Gasteiger partial charge is 0.258 e. The molecule has 2 heterocycles. The summed E-state index contributed by atoms with van der Waals surface area (Å²) in [6.07, 6.45) is 0. The first kappa shape index (κ1) is 17.8. The maximum Gasteiger partial charge on any atom is 0.258 e. The predicted molar refractivity (Wildman–Crippen MR) is 94.4 cm³/mol. The first-order valence-electron chi connectivity index (χ1n) is 8.22. The van der Waals surface area contributed by atoms with E-state index in [4.69, 9.17) is 9.47 Å². The topological polar surface area (TPSA) is 50.8 Å². The van der Waals surface area contributed by atoms with Gasteiger partial charge in [-0.15, -0.1) is 0 Å². The number of benzene rings is 1. The third-order valence-electron chi connectivity index (χ3n) is 4.10. The number of halogens is 1. The van der Waals surface area contributed by atoms with Crippen molar-refractivity contribution in [3.63, 3.8) is 0 Å². The molecule has 0 spiro atoms. The Morgan fingerprint density at radius 3 is 2.84 bits per heavy atom. The Balaban J connectivity index is 1.53. The van der Waals surface area contributed by atoms with Crippen molar-refractivity contribution >= 4 is 17.2 Å². The molecule has 0 aliphatic carbocycles. The van der Waals surface area contributed by atoms with Crippen LogP contribution in [0.25, 0.3) is 0 Å². The van der Waals surface area contributed by atoms with Crippen LogP contribution in [0.5, 0.6) is 5.75 Å². The number of rotatable bonds is 7. The number of nitrogens with one attached hydrogen (secondary N) is 1. The number of para-hydroxylation sites is 1. The molecule has 1 aliphatic heterocycles. The summed E-state index contributed by atoms with van der Waals surface area (Å²) in [5.74, 6) is -0.656. The fourth-order valence-electron chi connectivity index (χ4n) is 2.78. The van der Waals surface area contributed by atoms with Gasteiger partial charge in [0, 0.05) is 19.6 Å². The lowest BCUT2D eigenvalue weighted by atomic mass is 10.1. The Morgan fingerprint density at radius 1 is 1.32 bits per heavy atom. The summed E-state index contributed by atoms with van der Waals surface area (Å²) < 4.78 is 24.2. The third kappa shape index (κ3) is 5.01. The average Bonchev–Trinajstić information content (AvgIpc) is 3.16. The number of hydrogen-bond donors (Lipinski definition) is 1. The van der Waals surface area contributed by atoms with Gasteiger partial charge >= 0.3 is 0 Å². The molecule has 134 valence electrons. The van der Waals surface area contributed by atoms with Gasteiger partial charge in [-0.1, -0.05) is 12.1 Å². The number of morpholine rings is 1. The molecule has 7 heteroatoms. The summed E-state index contributed by atoms with van der Waals surface area (Å²) in [4.78, 5) is 14.4. The Kier molecular flexibility index (Phi) is 6.38. The third-order valence-corrected chi connectivity index (χ3v) is 4.80. The fourth-order valence-corrected chi connectivity index (χ4v) is 3.49. The van der Waals surface area contributed by atoms with Gasteiger partial charge in [0.15, 0.2) is 18.2 Å². The predicted octanol–water partition coefficient (Wildman–Crippen LogP) is 2.46. The summed E-state index contributed by atoms with van der Waals surface area (Å²) in [6.45, 7) is 3.34. The van der Waals surface area contributed by atoms with Gasteiger partial charge in [-0.05, 0) is 34.5 Å². The molecular weight excluding hydrogens is 343 g/mol. The monoisotopic (exact) mass is 364 g/mol. The van der Waals surface area contributed by atoms with Crippen LogP contribution in [0.15, 0.2) is 41.1 Å². The minimum Gasteiger partial charge on any atom is -0.481 e. The first-order valence-corrected chi connectivity index (χ1v) is 9.16. The van der Waals surface area contributed by atoms with Crippen molar-refractivity contribution < 1.29 is 18.7 Å². The molecule has 5 nitrogen and oxygen atoms in total. The van der Waals surface area contributed by atoms with Crippen molar-refractivity contribution in [1.29, 1.82) is 0 Å². The van der Waals surface area contributed by atoms with E-state index in [1.165, 1.54) is 17.7 Å². The molecule has 0 radical (unpaired) electrons. The summed E-state index contributed by atoms with van der Waals surface area (Å²) in [6, 6.07) is 8.24. The number of amides is 1. The second-order valence-corrected chi connectivity index (χ2v) is 6.52. The standard InChI is InChI=1S/C18H21FN2O3S/c19-15-3-1-2-4-17(15)24-12-18(22)20-11-16(14-5-10-25-13-14)21-6-8-23-9-7-21/h1-5,10,13,16H,6-9,11-12H2,(H,20,22)/t16-/m0/s1.